The first-order chi connectivity index (χ1) is 10.2. The summed E-state index contributed by atoms with van der Waals surface area (Å²) in [6.45, 7) is 0.436. The molecule has 2 unspecified atom stereocenters. The minimum Gasteiger partial charge on any atom is -0.464 e. The van der Waals surface area contributed by atoms with E-state index < -0.39 is 0 Å². The van der Waals surface area contributed by atoms with Crippen molar-refractivity contribution in [3.05, 3.63) is 36.1 Å². The minimum atomic E-state index is -0.191. The number of rotatable bonds is 3. The molecule has 2 aromatic rings. The predicted octanol–water partition coefficient (Wildman–Crippen LogP) is 2.60. The van der Waals surface area contributed by atoms with Crippen molar-refractivity contribution in [3.63, 3.8) is 0 Å². The number of aliphatic hydroxyl groups is 1. The summed E-state index contributed by atoms with van der Waals surface area (Å²) >= 11 is 0. The van der Waals surface area contributed by atoms with Crippen molar-refractivity contribution in [3.8, 4) is 0 Å². The lowest BCUT2D eigenvalue weighted by molar-refractivity contribution is 0.0344. The Kier molecular flexibility index (Phi) is 3.08. The highest BCUT2D eigenvalue weighted by atomic mass is 16.3. The Morgan fingerprint density at radius 3 is 2.71 bits per heavy atom. The van der Waals surface area contributed by atoms with Crippen molar-refractivity contribution in [2.24, 2.45) is 0 Å². The summed E-state index contributed by atoms with van der Waals surface area (Å²) in [7, 11) is 0. The van der Waals surface area contributed by atoms with E-state index in [1.807, 2.05) is 24.3 Å². The second kappa shape index (κ2) is 4.97. The summed E-state index contributed by atoms with van der Waals surface area (Å²) < 4.78 is 5.47. The predicted molar refractivity (Wildman–Crippen MR) is 79.3 cm³/mol. The lowest BCUT2D eigenvalue weighted by atomic mass is 9.99. The molecule has 1 aromatic carbocycles. The highest BCUT2D eigenvalue weighted by Gasteiger charge is 2.40. The standard InChI is InChI=1S/C17H19NO3/c19-13-7-11-5-6-12(8-13)18(11)9-16(20)15-10-21-17-4-2-1-3-14(15)17/h1-4,10-13,19H,5-9H2. The molecule has 0 aliphatic carbocycles. The average Bonchev–Trinajstić information content (AvgIpc) is 2.99. The number of nitrogens with zero attached hydrogens (tertiary/aromatic N) is 1. The van der Waals surface area contributed by atoms with Gasteiger partial charge in [0, 0.05) is 17.5 Å². The molecule has 0 amide bonds. The van der Waals surface area contributed by atoms with E-state index in [1.165, 1.54) is 0 Å². The molecular formula is C17H19NO3. The number of para-hydroxylation sites is 1. The van der Waals surface area contributed by atoms with Crippen LogP contribution in [0.2, 0.25) is 0 Å². The summed E-state index contributed by atoms with van der Waals surface area (Å²) in [5.74, 6) is 0.119. The normalized spacial score (nSPS) is 29.1. The van der Waals surface area contributed by atoms with Gasteiger partial charge in [0.2, 0.25) is 0 Å². The van der Waals surface area contributed by atoms with E-state index in [1.54, 1.807) is 6.26 Å². The molecular weight excluding hydrogens is 266 g/mol. The van der Waals surface area contributed by atoms with Gasteiger partial charge in [-0.2, -0.15) is 0 Å². The first-order valence-corrected chi connectivity index (χ1v) is 7.65. The van der Waals surface area contributed by atoms with Crippen LogP contribution >= 0.6 is 0 Å². The minimum absolute atomic E-state index is 0.119. The molecule has 2 saturated heterocycles. The third-order valence-electron chi connectivity index (χ3n) is 4.97. The summed E-state index contributed by atoms with van der Waals surface area (Å²) in [5, 5.41) is 10.7. The Labute approximate surface area is 123 Å². The van der Waals surface area contributed by atoms with E-state index in [0.717, 1.165) is 36.7 Å². The number of ketones is 1. The quantitative estimate of drug-likeness (QED) is 0.881. The van der Waals surface area contributed by atoms with Crippen molar-refractivity contribution in [2.75, 3.05) is 6.54 Å². The van der Waals surface area contributed by atoms with Gasteiger partial charge in [-0.05, 0) is 31.7 Å². The fourth-order valence-electron chi connectivity index (χ4n) is 3.95. The van der Waals surface area contributed by atoms with Crippen LogP contribution in [0, 0.1) is 0 Å². The second-order valence-corrected chi connectivity index (χ2v) is 6.25. The van der Waals surface area contributed by atoms with Crippen molar-refractivity contribution in [1.82, 2.24) is 4.90 Å². The van der Waals surface area contributed by atoms with Gasteiger partial charge in [-0.25, -0.2) is 0 Å². The van der Waals surface area contributed by atoms with Crippen LogP contribution in [0.25, 0.3) is 11.0 Å². The molecule has 0 radical (unpaired) electrons. The van der Waals surface area contributed by atoms with Gasteiger partial charge in [0.15, 0.2) is 5.78 Å². The maximum absolute atomic E-state index is 12.6. The lowest BCUT2D eigenvalue weighted by Gasteiger charge is -2.36. The van der Waals surface area contributed by atoms with Crippen molar-refractivity contribution in [2.45, 2.75) is 43.9 Å². The first kappa shape index (κ1) is 13.0. The van der Waals surface area contributed by atoms with Crippen molar-refractivity contribution < 1.29 is 14.3 Å². The zero-order valence-electron chi connectivity index (χ0n) is 11.9. The van der Waals surface area contributed by atoms with Crippen LogP contribution in [0.4, 0.5) is 0 Å². The number of hydrogen-bond acceptors (Lipinski definition) is 4. The summed E-state index contributed by atoms with van der Waals surface area (Å²) in [4.78, 5) is 14.9. The molecule has 2 bridgehead atoms. The smallest absolute Gasteiger partial charge is 0.180 e. The van der Waals surface area contributed by atoms with E-state index in [9.17, 15) is 9.90 Å². The molecule has 4 rings (SSSR count). The maximum atomic E-state index is 12.6. The molecule has 0 spiro atoms. The van der Waals surface area contributed by atoms with E-state index in [4.69, 9.17) is 4.42 Å². The Hall–Kier alpha value is -1.65. The molecule has 3 heterocycles. The van der Waals surface area contributed by atoms with E-state index in [2.05, 4.69) is 4.90 Å². The Balaban J connectivity index is 1.56. The van der Waals surface area contributed by atoms with Crippen LogP contribution < -0.4 is 0 Å². The fourth-order valence-corrected chi connectivity index (χ4v) is 3.95. The van der Waals surface area contributed by atoms with Crippen LogP contribution in [-0.2, 0) is 0 Å². The zero-order valence-corrected chi connectivity index (χ0v) is 11.9. The summed E-state index contributed by atoms with van der Waals surface area (Å²) in [5.41, 5.74) is 1.44. The SMILES string of the molecule is O=C(CN1C2CCC1CC(O)C2)c1coc2ccccc12. The largest absolute Gasteiger partial charge is 0.464 e. The van der Waals surface area contributed by atoms with E-state index in [-0.39, 0.29) is 11.9 Å². The fraction of sp³-hybridized carbons (Fsp3) is 0.471. The van der Waals surface area contributed by atoms with Gasteiger partial charge in [-0.1, -0.05) is 18.2 Å². The highest BCUT2D eigenvalue weighted by molar-refractivity contribution is 6.08. The number of aliphatic hydroxyl groups excluding tert-OH is 1. The molecule has 110 valence electrons. The number of fused-ring (bicyclic) bond motifs is 3. The topological polar surface area (TPSA) is 53.7 Å². The van der Waals surface area contributed by atoms with Crippen LogP contribution in [0.3, 0.4) is 0 Å². The molecule has 1 N–H and O–H groups in total. The summed E-state index contributed by atoms with van der Waals surface area (Å²) in [6, 6.07) is 8.37. The zero-order chi connectivity index (χ0) is 14.4. The molecule has 1 aromatic heterocycles. The van der Waals surface area contributed by atoms with E-state index in [0.29, 0.717) is 24.2 Å². The summed E-state index contributed by atoms with van der Waals surface area (Å²) in [6.07, 6.45) is 5.19. The molecule has 21 heavy (non-hydrogen) atoms. The van der Waals surface area contributed by atoms with Gasteiger partial charge in [0.05, 0.1) is 18.2 Å². The Morgan fingerprint density at radius 1 is 1.24 bits per heavy atom. The number of benzene rings is 1. The number of piperidine rings is 1. The molecule has 2 fully saturated rings. The number of hydrogen-bond donors (Lipinski definition) is 1. The Bertz CT molecular complexity index is 663. The van der Waals surface area contributed by atoms with Gasteiger partial charge in [0.25, 0.3) is 0 Å². The van der Waals surface area contributed by atoms with E-state index >= 15 is 0 Å². The molecule has 2 aliphatic rings. The average molecular weight is 285 g/mol. The molecule has 2 aliphatic heterocycles. The molecule has 0 saturated carbocycles. The third-order valence-corrected chi connectivity index (χ3v) is 4.97. The van der Waals surface area contributed by atoms with Crippen LogP contribution in [0.15, 0.2) is 34.9 Å². The molecule has 4 nitrogen and oxygen atoms in total. The van der Waals surface area contributed by atoms with Crippen molar-refractivity contribution in [1.29, 1.82) is 0 Å². The first-order valence-electron chi connectivity index (χ1n) is 7.65. The van der Waals surface area contributed by atoms with Crippen molar-refractivity contribution >= 4 is 16.8 Å². The van der Waals surface area contributed by atoms with Gasteiger partial charge in [-0.3, -0.25) is 9.69 Å². The number of carbonyl (C=O) groups excluding carboxylic acids is 1. The number of furan rings is 1. The third kappa shape index (κ3) is 2.19. The van der Waals surface area contributed by atoms with Gasteiger partial charge >= 0.3 is 0 Å². The monoisotopic (exact) mass is 285 g/mol. The number of Topliss-reactive ketones (excluding diaryl/α,β-unsaturated/α-hetero) is 1. The van der Waals surface area contributed by atoms with Gasteiger partial charge < -0.3 is 9.52 Å². The maximum Gasteiger partial charge on any atom is 0.180 e. The number of carbonyl (C=O) groups is 1. The molecule has 2 atom stereocenters. The Morgan fingerprint density at radius 2 is 1.95 bits per heavy atom. The lowest BCUT2D eigenvalue weighted by Crippen LogP contribution is -2.46. The highest BCUT2D eigenvalue weighted by Crippen LogP contribution is 2.36. The van der Waals surface area contributed by atoms with Gasteiger partial charge in [0.1, 0.15) is 11.8 Å². The van der Waals surface area contributed by atoms with Crippen LogP contribution in [-0.4, -0.2) is 40.5 Å². The van der Waals surface area contributed by atoms with Gasteiger partial charge in [-0.15, -0.1) is 0 Å². The van der Waals surface area contributed by atoms with Crippen LogP contribution in [0.1, 0.15) is 36.0 Å². The molecule has 4 heteroatoms. The van der Waals surface area contributed by atoms with Crippen LogP contribution in [0.5, 0.6) is 0 Å². The second-order valence-electron chi connectivity index (χ2n) is 6.25.